The Labute approximate surface area is 66.9 Å². The second-order valence-corrected chi connectivity index (χ2v) is 7.71. The Hall–Kier alpha value is 0.520. The molecule has 4 heteroatoms. The first-order valence-electron chi connectivity index (χ1n) is 3.68. The Bertz CT molecular complexity index is 108. The van der Waals surface area contributed by atoms with Crippen LogP contribution in [0.2, 0.25) is 0 Å². The van der Waals surface area contributed by atoms with Crippen LogP contribution in [0.5, 0.6) is 0 Å². The molecule has 0 unspecified atom stereocenters. The van der Waals surface area contributed by atoms with Gasteiger partial charge >= 0.3 is 15.5 Å². The lowest BCUT2D eigenvalue weighted by molar-refractivity contribution is -0.791. The zero-order valence-electron chi connectivity index (χ0n) is 6.88. The maximum atomic E-state index is 6.04. The third-order valence-corrected chi connectivity index (χ3v) is 4.69. The fourth-order valence-corrected chi connectivity index (χ4v) is 3.19. The van der Waals surface area contributed by atoms with Gasteiger partial charge in [0.05, 0.1) is 25.4 Å². The van der Waals surface area contributed by atoms with Crippen LogP contribution >= 0.6 is 7.14 Å². The molecule has 0 bridgehead atoms. The molecule has 0 aliphatic carbocycles. The van der Waals surface area contributed by atoms with Crippen molar-refractivity contribution in [3.05, 3.63) is 0 Å². The molecule has 1 saturated heterocycles. The Balaban J connectivity index is 2.46. The van der Waals surface area contributed by atoms with Crippen LogP contribution in [-0.4, -0.2) is 59.1 Å². The second kappa shape index (κ2) is 2.53. The first-order chi connectivity index (χ1) is 4.41. The minimum absolute atomic E-state index is 0.673. The van der Waals surface area contributed by atoms with Gasteiger partial charge in [-0.15, -0.1) is 0 Å². The number of hydrogen-bond donors (Lipinski definition) is 0. The van der Waals surface area contributed by atoms with E-state index in [-0.39, 0.29) is 0 Å². The van der Waals surface area contributed by atoms with Gasteiger partial charge in [0, 0.05) is 13.7 Å². The quantitative estimate of drug-likeness (QED) is 0.345. The third-order valence-electron chi connectivity index (χ3n) is 2.24. The Morgan fingerprint density at radius 3 is 2.00 bits per heavy atom. The standard InChI is InChI=1S/C6H14B2NP/c1-9(7)3-5-10(2,8)6-4-9/h3-6H2,1-2H3/q+2. The maximum absolute atomic E-state index is 6.04. The highest BCUT2D eigenvalue weighted by molar-refractivity contribution is 7.96. The highest BCUT2D eigenvalue weighted by atomic mass is 31.2. The summed E-state index contributed by atoms with van der Waals surface area (Å²) in [7, 11) is 13.0. The summed E-state index contributed by atoms with van der Waals surface area (Å²) in [5.74, 6) is 0. The predicted molar refractivity (Wildman–Crippen MR) is 50.0 cm³/mol. The molecule has 10 heavy (non-hydrogen) atoms. The average molecular weight is 153 g/mol. The van der Waals surface area contributed by atoms with E-state index in [1.165, 1.54) is 0 Å². The summed E-state index contributed by atoms with van der Waals surface area (Å²) >= 11 is 0. The Morgan fingerprint density at radius 2 is 1.70 bits per heavy atom. The summed E-state index contributed by atoms with van der Waals surface area (Å²) in [6.07, 6.45) is 2.31. The van der Waals surface area contributed by atoms with Crippen LogP contribution in [0.1, 0.15) is 0 Å². The topological polar surface area (TPSA) is 0 Å². The van der Waals surface area contributed by atoms with E-state index in [2.05, 4.69) is 13.7 Å². The van der Waals surface area contributed by atoms with E-state index in [0.717, 1.165) is 25.4 Å². The van der Waals surface area contributed by atoms with E-state index < -0.39 is 7.14 Å². The Kier molecular flexibility index (Phi) is 2.18. The molecular weight excluding hydrogens is 139 g/mol. The van der Waals surface area contributed by atoms with Gasteiger partial charge in [0.25, 0.3) is 0 Å². The fourth-order valence-electron chi connectivity index (χ4n) is 1.14. The molecule has 1 fully saturated rings. The van der Waals surface area contributed by atoms with Crippen LogP contribution in [0.3, 0.4) is 0 Å². The molecule has 0 aromatic rings. The van der Waals surface area contributed by atoms with Gasteiger partial charge in [-0.3, -0.25) is 0 Å². The molecule has 0 saturated carbocycles. The second-order valence-electron chi connectivity index (χ2n) is 3.85. The monoisotopic (exact) mass is 153 g/mol. The van der Waals surface area contributed by atoms with E-state index in [4.69, 9.17) is 15.5 Å². The SMILES string of the molecule is [B][N+]1(C)CC[P+]([B])(C)CC1. The summed E-state index contributed by atoms with van der Waals surface area (Å²) < 4.78 is 0.673. The first kappa shape index (κ1) is 8.61. The molecule has 0 N–H and O–H groups in total. The number of quaternary nitrogens is 1. The van der Waals surface area contributed by atoms with Crippen molar-refractivity contribution in [2.24, 2.45) is 0 Å². The highest BCUT2D eigenvalue weighted by Crippen LogP contribution is 2.51. The van der Waals surface area contributed by atoms with Crippen molar-refractivity contribution in [3.8, 4) is 0 Å². The normalized spacial score (nSPS) is 49.0. The maximum Gasteiger partial charge on any atom is 0.481 e. The molecule has 0 spiro atoms. The molecule has 0 aromatic carbocycles. The van der Waals surface area contributed by atoms with Crippen LogP contribution in [0, 0.1) is 0 Å². The van der Waals surface area contributed by atoms with Crippen LogP contribution in [0.4, 0.5) is 0 Å². The van der Waals surface area contributed by atoms with Crippen LogP contribution in [0.15, 0.2) is 0 Å². The molecule has 1 aliphatic rings. The van der Waals surface area contributed by atoms with Gasteiger partial charge < -0.3 is 4.39 Å². The van der Waals surface area contributed by atoms with E-state index >= 15 is 0 Å². The third kappa shape index (κ3) is 2.29. The molecule has 1 nitrogen and oxygen atoms in total. The summed E-state index contributed by atoms with van der Waals surface area (Å²) in [4.78, 5) is 0. The number of nitrogens with zero attached hydrogens (tertiary/aromatic N) is 1. The van der Waals surface area contributed by atoms with Gasteiger partial charge in [0.15, 0.2) is 0 Å². The minimum atomic E-state index is -1.01. The van der Waals surface area contributed by atoms with E-state index in [1.54, 1.807) is 0 Å². The lowest BCUT2D eigenvalue weighted by Gasteiger charge is -2.38. The number of rotatable bonds is 0. The number of hydrogen-bond acceptors (Lipinski definition) is 0. The molecule has 1 aliphatic heterocycles. The summed E-state index contributed by atoms with van der Waals surface area (Å²) in [5, 5.41) is 0. The van der Waals surface area contributed by atoms with Gasteiger partial charge in [-0.2, -0.15) is 0 Å². The molecule has 4 radical (unpaired) electrons. The predicted octanol–water partition coefficient (Wildman–Crippen LogP) is 0.261. The van der Waals surface area contributed by atoms with Crippen molar-refractivity contribution >= 4 is 22.7 Å². The fraction of sp³-hybridized carbons (Fsp3) is 1.00. The summed E-state index contributed by atoms with van der Waals surface area (Å²) in [5.41, 5.74) is 0. The molecule has 52 valence electrons. The van der Waals surface area contributed by atoms with E-state index in [0.29, 0.717) is 4.39 Å². The van der Waals surface area contributed by atoms with Crippen molar-refractivity contribution in [1.82, 2.24) is 0 Å². The zero-order chi connectivity index (χ0) is 7.83. The van der Waals surface area contributed by atoms with Gasteiger partial charge in [0.1, 0.15) is 0 Å². The Morgan fingerprint density at radius 1 is 1.30 bits per heavy atom. The van der Waals surface area contributed by atoms with Crippen LogP contribution in [0.25, 0.3) is 0 Å². The van der Waals surface area contributed by atoms with Crippen LogP contribution < -0.4 is 0 Å². The minimum Gasteiger partial charge on any atom is -0.393 e. The van der Waals surface area contributed by atoms with Crippen molar-refractivity contribution in [3.63, 3.8) is 0 Å². The van der Waals surface area contributed by atoms with Crippen molar-refractivity contribution in [2.45, 2.75) is 0 Å². The molecule has 0 atom stereocenters. The van der Waals surface area contributed by atoms with Crippen molar-refractivity contribution < 1.29 is 4.39 Å². The zero-order valence-corrected chi connectivity index (χ0v) is 7.77. The molecule has 0 aromatic heterocycles. The molecule has 0 amide bonds. The first-order valence-corrected chi connectivity index (χ1v) is 6.35. The van der Waals surface area contributed by atoms with Gasteiger partial charge in [-0.05, 0) is 7.14 Å². The van der Waals surface area contributed by atoms with Crippen molar-refractivity contribution in [1.29, 1.82) is 0 Å². The molecule has 1 heterocycles. The summed E-state index contributed by atoms with van der Waals surface area (Å²) in [6, 6.07) is 0. The largest absolute Gasteiger partial charge is 0.481 e. The van der Waals surface area contributed by atoms with E-state index in [1.807, 2.05) is 0 Å². The summed E-state index contributed by atoms with van der Waals surface area (Å²) in [6.45, 7) is 4.33. The van der Waals surface area contributed by atoms with Gasteiger partial charge in [-0.25, -0.2) is 0 Å². The smallest absolute Gasteiger partial charge is 0.393 e. The average Bonchev–Trinajstić information content (AvgIpc) is 1.79. The highest BCUT2D eigenvalue weighted by Gasteiger charge is 2.36. The molecule has 1 rings (SSSR count). The van der Waals surface area contributed by atoms with Crippen molar-refractivity contribution in [2.75, 3.05) is 39.1 Å². The van der Waals surface area contributed by atoms with Gasteiger partial charge in [0.2, 0.25) is 0 Å². The van der Waals surface area contributed by atoms with E-state index in [9.17, 15) is 0 Å². The lowest BCUT2D eigenvalue weighted by Crippen LogP contribution is -2.49. The van der Waals surface area contributed by atoms with Gasteiger partial charge in [-0.1, -0.05) is 0 Å². The molecular formula is C6H14B2NP+2. The van der Waals surface area contributed by atoms with Crippen LogP contribution in [-0.2, 0) is 0 Å². The lowest BCUT2D eigenvalue weighted by atomic mass is 10.2.